The predicted octanol–water partition coefficient (Wildman–Crippen LogP) is 0.768. The molecule has 0 amide bonds. The van der Waals surface area contributed by atoms with E-state index in [1.807, 2.05) is 0 Å². The summed E-state index contributed by atoms with van der Waals surface area (Å²) in [5, 5.41) is 24.3. The Bertz CT molecular complexity index is 172. The second-order valence-electron chi connectivity index (χ2n) is 1.39. The largest absolute Gasteiger partial charge is 0.198 e. The van der Waals surface area contributed by atoms with Gasteiger partial charge in [0.25, 0.3) is 0 Å². The van der Waals surface area contributed by atoms with E-state index in [4.69, 9.17) is 15.8 Å². The molecule has 0 aliphatic rings. The smallest absolute Gasteiger partial charge is 0.0802 e. The molecule has 0 rings (SSSR count). The van der Waals surface area contributed by atoms with Crippen molar-refractivity contribution in [3.63, 3.8) is 0 Å². The topological polar surface area (TPSA) is 71.4 Å². The first-order valence-electron chi connectivity index (χ1n) is 2.34. The lowest BCUT2D eigenvalue weighted by Crippen LogP contribution is -1.93. The van der Waals surface area contributed by atoms with E-state index in [2.05, 4.69) is 0 Å². The summed E-state index contributed by atoms with van der Waals surface area (Å²) in [5.74, 6) is -0.528. The van der Waals surface area contributed by atoms with Gasteiger partial charge in [-0.3, -0.25) is 0 Å². The van der Waals surface area contributed by atoms with Gasteiger partial charge in [0.2, 0.25) is 0 Å². The molecule has 0 aromatic carbocycles. The van der Waals surface area contributed by atoms with Crippen LogP contribution in [0, 0.1) is 46.3 Å². The van der Waals surface area contributed by atoms with Crippen LogP contribution >= 0.6 is 0 Å². The van der Waals surface area contributed by atoms with Crippen LogP contribution in [0.4, 0.5) is 0 Å². The minimum atomic E-state index is -0.528. The van der Waals surface area contributed by atoms with Crippen molar-refractivity contribution in [1.82, 2.24) is 0 Å². The molecule has 0 fully saturated rings. The van der Waals surface area contributed by atoms with Gasteiger partial charge in [0, 0.05) is 0 Å². The Morgan fingerprint density at radius 2 is 2.00 bits per heavy atom. The molecule has 0 aliphatic heterocycles. The highest BCUT2D eigenvalue weighted by Crippen LogP contribution is 2.02. The first-order chi connectivity index (χ1) is 4.35. The van der Waals surface area contributed by atoms with Gasteiger partial charge in [-0.05, 0) is 0 Å². The molecule has 9 heavy (non-hydrogen) atoms. The molecule has 0 N–H and O–H groups in total. The maximum atomic E-state index is 8.20. The monoisotopic (exact) mass is 118 g/mol. The van der Waals surface area contributed by atoms with E-state index in [-0.39, 0.29) is 6.42 Å². The molecule has 0 bridgehead atoms. The molecule has 1 atom stereocenters. The molecular formula is C6H4N3. The fourth-order valence-corrected chi connectivity index (χ4v) is 0.330. The fraction of sp³-hybridized carbons (Fsp3) is 0.333. The lowest BCUT2D eigenvalue weighted by atomic mass is 10.1. The normalized spacial score (nSPS) is 7.33. The van der Waals surface area contributed by atoms with Gasteiger partial charge in [0.1, 0.15) is 0 Å². The molecule has 0 spiro atoms. The summed E-state index contributed by atoms with van der Waals surface area (Å²) in [6, 6.07) is 5.31. The molecule has 0 saturated heterocycles. The summed E-state index contributed by atoms with van der Waals surface area (Å²) in [6.07, 6.45) is 1.26. The molecule has 43 valence electrons. The van der Waals surface area contributed by atoms with Crippen LogP contribution in [-0.2, 0) is 0 Å². The van der Waals surface area contributed by atoms with Crippen LogP contribution in [0.15, 0.2) is 0 Å². The molecular weight excluding hydrogens is 114 g/mol. The van der Waals surface area contributed by atoms with Gasteiger partial charge in [-0.1, -0.05) is 0 Å². The Morgan fingerprint density at radius 3 is 2.33 bits per heavy atom. The molecule has 0 saturated carbocycles. The van der Waals surface area contributed by atoms with Crippen LogP contribution < -0.4 is 0 Å². The van der Waals surface area contributed by atoms with Crippen LogP contribution in [0.1, 0.15) is 6.42 Å². The van der Waals surface area contributed by atoms with Gasteiger partial charge in [-0.15, -0.1) is 0 Å². The molecule has 0 aliphatic carbocycles. The minimum absolute atomic E-state index is 0.101. The maximum absolute atomic E-state index is 8.20. The van der Waals surface area contributed by atoms with E-state index in [0.29, 0.717) is 0 Å². The van der Waals surface area contributed by atoms with E-state index in [1.54, 1.807) is 18.2 Å². The zero-order chi connectivity index (χ0) is 7.11. The van der Waals surface area contributed by atoms with Crippen molar-refractivity contribution < 1.29 is 0 Å². The summed E-state index contributed by atoms with van der Waals surface area (Å²) >= 11 is 0. The van der Waals surface area contributed by atoms with Crippen LogP contribution in [0.5, 0.6) is 0 Å². The van der Waals surface area contributed by atoms with E-state index >= 15 is 0 Å². The van der Waals surface area contributed by atoms with Gasteiger partial charge in [0.05, 0.1) is 37.0 Å². The van der Waals surface area contributed by atoms with E-state index < -0.39 is 5.92 Å². The number of hydrogen-bond donors (Lipinski definition) is 0. The first kappa shape index (κ1) is 7.47. The number of hydrogen-bond acceptors (Lipinski definition) is 3. The van der Waals surface area contributed by atoms with Gasteiger partial charge in [-0.25, -0.2) is 0 Å². The van der Waals surface area contributed by atoms with Gasteiger partial charge < -0.3 is 0 Å². The third-order valence-corrected chi connectivity index (χ3v) is 0.753. The van der Waals surface area contributed by atoms with E-state index in [0.717, 1.165) is 6.42 Å². The fourth-order valence-electron chi connectivity index (χ4n) is 0.330. The molecule has 0 heterocycles. The summed E-state index contributed by atoms with van der Waals surface area (Å²) in [7, 11) is 0. The summed E-state index contributed by atoms with van der Waals surface area (Å²) in [4.78, 5) is 0. The lowest BCUT2D eigenvalue weighted by molar-refractivity contribution is 0.818. The molecule has 0 aromatic heterocycles. The second kappa shape index (κ2) is 4.62. The summed E-state index contributed by atoms with van der Waals surface area (Å²) in [5.41, 5.74) is 0. The lowest BCUT2D eigenvalue weighted by Gasteiger charge is -1.90. The number of nitrogens with zero attached hydrogens (tertiary/aromatic N) is 3. The van der Waals surface area contributed by atoms with E-state index in [1.165, 1.54) is 0 Å². The van der Waals surface area contributed by atoms with Crippen LogP contribution in [0.3, 0.4) is 0 Å². The quantitative estimate of drug-likeness (QED) is 0.537. The van der Waals surface area contributed by atoms with Crippen molar-refractivity contribution in [1.29, 1.82) is 15.8 Å². The predicted molar refractivity (Wildman–Crippen MR) is 29.2 cm³/mol. The van der Waals surface area contributed by atoms with Crippen molar-refractivity contribution in [2.75, 3.05) is 0 Å². The molecule has 1 unspecified atom stereocenters. The van der Waals surface area contributed by atoms with Crippen molar-refractivity contribution in [2.45, 2.75) is 6.42 Å². The average molecular weight is 118 g/mol. The zero-order valence-corrected chi connectivity index (χ0v) is 4.70. The number of nitriles is 3. The van der Waals surface area contributed by atoms with Crippen LogP contribution in [-0.4, -0.2) is 0 Å². The SMILES string of the molecule is N#C[CH]C(C#N)CC#N. The second-order valence-corrected chi connectivity index (χ2v) is 1.39. The van der Waals surface area contributed by atoms with Gasteiger partial charge in [0.15, 0.2) is 0 Å². The van der Waals surface area contributed by atoms with Crippen molar-refractivity contribution >= 4 is 0 Å². The highest BCUT2D eigenvalue weighted by molar-refractivity contribution is 5.07. The zero-order valence-electron chi connectivity index (χ0n) is 4.70. The Morgan fingerprint density at radius 1 is 1.33 bits per heavy atom. The summed E-state index contributed by atoms with van der Waals surface area (Å²) < 4.78 is 0. The third-order valence-electron chi connectivity index (χ3n) is 0.753. The Balaban J connectivity index is 3.65. The van der Waals surface area contributed by atoms with Crippen LogP contribution in [0.2, 0.25) is 0 Å². The van der Waals surface area contributed by atoms with E-state index in [9.17, 15) is 0 Å². The Hall–Kier alpha value is -1.53. The standard InChI is InChI=1S/C6H4N3/c7-3-1-6(5-9)2-4-8/h1,6H,2H2. The highest BCUT2D eigenvalue weighted by Gasteiger charge is 2.04. The number of rotatable bonds is 2. The molecule has 0 aromatic rings. The molecule has 1 radical (unpaired) electrons. The Labute approximate surface area is 53.7 Å². The summed E-state index contributed by atoms with van der Waals surface area (Å²) in [6.45, 7) is 0. The van der Waals surface area contributed by atoms with Crippen molar-refractivity contribution in [3.8, 4) is 18.2 Å². The average Bonchev–Trinajstić information content (AvgIpc) is 1.88. The third kappa shape index (κ3) is 3.09. The Kier molecular flexibility index (Phi) is 3.84. The van der Waals surface area contributed by atoms with Crippen molar-refractivity contribution in [3.05, 3.63) is 6.42 Å². The molecule has 3 nitrogen and oxygen atoms in total. The highest BCUT2D eigenvalue weighted by atomic mass is 14.3. The first-order valence-corrected chi connectivity index (χ1v) is 2.34. The van der Waals surface area contributed by atoms with Gasteiger partial charge >= 0.3 is 0 Å². The van der Waals surface area contributed by atoms with Crippen molar-refractivity contribution in [2.24, 2.45) is 5.92 Å². The molecule has 3 heteroatoms. The van der Waals surface area contributed by atoms with Crippen LogP contribution in [0.25, 0.3) is 0 Å². The minimum Gasteiger partial charge on any atom is -0.198 e. The van der Waals surface area contributed by atoms with Gasteiger partial charge in [-0.2, -0.15) is 15.8 Å². The maximum Gasteiger partial charge on any atom is 0.0802 e.